The van der Waals surface area contributed by atoms with Gasteiger partial charge in [0.1, 0.15) is 5.82 Å². The van der Waals surface area contributed by atoms with Crippen LogP contribution in [0.4, 0.5) is 10.1 Å². The van der Waals surface area contributed by atoms with Gasteiger partial charge in [-0.25, -0.2) is 4.39 Å². The Balaban J connectivity index is 1.87. The third-order valence-electron chi connectivity index (χ3n) is 4.47. The molecule has 0 atom stereocenters. The van der Waals surface area contributed by atoms with Crippen molar-refractivity contribution < 1.29 is 4.39 Å². The zero-order valence-corrected chi connectivity index (χ0v) is 13.5. The van der Waals surface area contributed by atoms with E-state index >= 15 is 0 Å². The molecule has 1 fully saturated rings. The molecule has 3 nitrogen and oxygen atoms in total. The predicted octanol–water partition coefficient (Wildman–Crippen LogP) is 5.03. The molecule has 0 heterocycles. The molecule has 0 aromatic heterocycles. The van der Waals surface area contributed by atoms with Gasteiger partial charge in [-0.2, -0.15) is 0 Å². The van der Waals surface area contributed by atoms with Crippen molar-refractivity contribution in [3.8, 4) is 0 Å². The molecule has 2 rings (SSSR count). The quantitative estimate of drug-likeness (QED) is 0.510. The third-order valence-corrected chi connectivity index (χ3v) is 4.47. The highest BCUT2D eigenvalue weighted by molar-refractivity contribution is 5.97. The highest BCUT2D eigenvalue weighted by Gasteiger charge is 2.16. The molecule has 0 saturated heterocycles. The van der Waals surface area contributed by atoms with Crippen LogP contribution >= 0.6 is 0 Å². The van der Waals surface area contributed by atoms with Crippen LogP contribution < -0.4 is 10.9 Å². The van der Waals surface area contributed by atoms with E-state index in [0.717, 1.165) is 29.1 Å². The van der Waals surface area contributed by atoms with Gasteiger partial charge in [-0.05, 0) is 56.0 Å². The van der Waals surface area contributed by atoms with E-state index in [0.29, 0.717) is 5.92 Å². The molecule has 1 aromatic carbocycles. The summed E-state index contributed by atoms with van der Waals surface area (Å²) < 4.78 is 12.9. The van der Waals surface area contributed by atoms with E-state index in [2.05, 4.69) is 10.9 Å². The van der Waals surface area contributed by atoms with Crippen molar-refractivity contribution in [3.63, 3.8) is 0 Å². The second-order valence-corrected chi connectivity index (χ2v) is 6.19. The summed E-state index contributed by atoms with van der Waals surface area (Å²) >= 11 is 0. The van der Waals surface area contributed by atoms with Crippen LogP contribution in [-0.4, -0.2) is 5.71 Å². The van der Waals surface area contributed by atoms with Gasteiger partial charge in [0.2, 0.25) is 0 Å². The van der Waals surface area contributed by atoms with Crippen LogP contribution in [0.5, 0.6) is 0 Å². The molecule has 0 unspecified atom stereocenters. The molecule has 4 heteroatoms. The van der Waals surface area contributed by atoms with Gasteiger partial charge in [0.15, 0.2) is 0 Å². The van der Waals surface area contributed by atoms with Crippen molar-refractivity contribution in [3.05, 3.63) is 41.4 Å². The van der Waals surface area contributed by atoms with Crippen LogP contribution in [0.3, 0.4) is 0 Å². The molecule has 0 spiro atoms. The summed E-state index contributed by atoms with van der Waals surface area (Å²) in [4.78, 5) is 0. The van der Waals surface area contributed by atoms with Crippen LogP contribution in [-0.2, 0) is 0 Å². The zero-order chi connectivity index (χ0) is 15.9. The maximum atomic E-state index is 12.9. The predicted molar refractivity (Wildman–Crippen MR) is 90.5 cm³/mol. The van der Waals surface area contributed by atoms with Gasteiger partial charge in [-0.3, -0.25) is 0 Å². The third kappa shape index (κ3) is 4.86. The van der Waals surface area contributed by atoms with E-state index in [-0.39, 0.29) is 5.82 Å². The number of anilines is 1. The first-order valence-corrected chi connectivity index (χ1v) is 8.09. The zero-order valence-electron chi connectivity index (χ0n) is 13.5. The first-order valence-electron chi connectivity index (χ1n) is 8.09. The molecule has 0 amide bonds. The minimum Gasteiger partial charge on any atom is -0.305 e. The van der Waals surface area contributed by atoms with Gasteiger partial charge in [0.25, 0.3) is 0 Å². The molecule has 1 saturated carbocycles. The van der Waals surface area contributed by atoms with Gasteiger partial charge in [0.05, 0.1) is 5.69 Å². The summed E-state index contributed by atoms with van der Waals surface area (Å²) in [5.74, 6) is 0.428. The largest absolute Gasteiger partial charge is 0.305 e. The lowest BCUT2D eigenvalue weighted by atomic mass is 9.84. The Morgan fingerprint density at radius 1 is 1.14 bits per heavy atom. The van der Waals surface area contributed by atoms with E-state index in [4.69, 9.17) is 5.41 Å². The van der Waals surface area contributed by atoms with E-state index < -0.39 is 0 Å². The molecule has 120 valence electrons. The molecular formula is C18H26FN3. The molecule has 1 aromatic rings. The van der Waals surface area contributed by atoms with E-state index in [1.54, 1.807) is 12.1 Å². The summed E-state index contributed by atoms with van der Waals surface area (Å²) in [6.07, 6.45) is 7.36. The minimum atomic E-state index is -0.247. The van der Waals surface area contributed by atoms with Crippen LogP contribution in [0.15, 0.2) is 35.5 Å². The first-order chi connectivity index (χ1) is 10.6. The molecule has 0 aliphatic heterocycles. The van der Waals surface area contributed by atoms with Crippen LogP contribution in [0.2, 0.25) is 0 Å². The highest BCUT2D eigenvalue weighted by Crippen LogP contribution is 2.27. The number of allylic oxidation sites excluding steroid dienone is 2. The number of rotatable bonds is 6. The Labute approximate surface area is 132 Å². The number of nitrogens with one attached hydrogen (secondary N) is 3. The Kier molecular flexibility index (Phi) is 5.99. The molecule has 22 heavy (non-hydrogen) atoms. The van der Waals surface area contributed by atoms with Gasteiger partial charge in [-0.1, -0.05) is 32.1 Å². The Morgan fingerprint density at radius 3 is 2.41 bits per heavy atom. The molecule has 1 aliphatic carbocycles. The summed E-state index contributed by atoms with van der Waals surface area (Å²) in [7, 11) is 0. The number of hydrogen-bond acceptors (Lipinski definition) is 3. The number of hydrogen-bond donors (Lipinski definition) is 3. The monoisotopic (exact) mass is 303 g/mol. The lowest BCUT2D eigenvalue weighted by Gasteiger charge is -2.22. The fraction of sp³-hybridized carbons (Fsp3) is 0.500. The van der Waals surface area contributed by atoms with Gasteiger partial charge < -0.3 is 16.3 Å². The van der Waals surface area contributed by atoms with Crippen LogP contribution in [0.25, 0.3) is 0 Å². The molecule has 0 bridgehead atoms. The van der Waals surface area contributed by atoms with Crippen molar-refractivity contribution in [2.75, 3.05) is 5.43 Å². The van der Waals surface area contributed by atoms with E-state index in [1.165, 1.54) is 44.2 Å². The Morgan fingerprint density at radius 2 is 1.77 bits per heavy atom. The first kappa shape index (κ1) is 16.5. The summed E-state index contributed by atoms with van der Waals surface area (Å²) in [5, 5.41) is 8.30. The molecule has 1 aliphatic rings. The highest BCUT2D eigenvalue weighted by atomic mass is 19.1. The van der Waals surface area contributed by atoms with Crippen molar-refractivity contribution in [1.82, 2.24) is 5.43 Å². The number of halogens is 1. The van der Waals surface area contributed by atoms with E-state index in [1.807, 2.05) is 13.8 Å². The normalized spacial score (nSPS) is 16.9. The van der Waals surface area contributed by atoms with Gasteiger partial charge >= 0.3 is 0 Å². The summed E-state index contributed by atoms with van der Waals surface area (Å²) in [6, 6.07) is 6.19. The molecular weight excluding hydrogens is 277 g/mol. The molecule has 3 N–H and O–H groups in total. The Bertz CT molecular complexity index is 528. The standard InChI is InChI=1S/C18H26FN3/c1-13(18(20)12-15-6-4-3-5-7-15)14(2)21-22-17-10-8-16(19)9-11-17/h8-11,15,20-22H,3-7,12H2,1-2H3. The van der Waals surface area contributed by atoms with Crippen LogP contribution in [0, 0.1) is 17.1 Å². The minimum absolute atomic E-state index is 0.247. The molecule has 0 radical (unpaired) electrons. The van der Waals surface area contributed by atoms with Crippen molar-refractivity contribution in [2.45, 2.75) is 52.4 Å². The second-order valence-electron chi connectivity index (χ2n) is 6.19. The maximum absolute atomic E-state index is 12.9. The van der Waals surface area contributed by atoms with Crippen molar-refractivity contribution in [1.29, 1.82) is 5.41 Å². The topological polar surface area (TPSA) is 47.9 Å². The number of hydrazine groups is 1. The van der Waals surface area contributed by atoms with Gasteiger partial charge in [-0.15, -0.1) is 0 Å². The average Bonchev–Trinajstić information content (AvgIpc) is 2.54. The number of benzene rings is 1. The fourth-order valence-electron chi connectivity index (χ4n) is 2.85. The maximum Gasteiger partial charge on any atom is 0.123 e. The fourth-order valence-corrected chi connectivity index (χ4v) is 2.85. The Hall–Kier alpha value is -1.84. The van der Waals surface area contributed by atoms with E-state index in [9.17, 15) is 4.39 Å². The second kappa shape index (κ2) is 7.97. The smallest absolute Gasteiger partial charge is 0.123 e. The van der Waals surface area contributed by atoms with Crippen molar-refractivity contribution in [2.24, 2.45) is 5.92 Å². The van der Waals surface area contributed by atoms with Gasteiger partial charge in [0, 0.05) is 11.4 Å². The van der Waals surface area contributed by atoms with Crippen LogP contribution in [0.1, 0.15) is 52.4 Å². The SMILES string of the molecule is CC(NNc1ccc(F)cc1)=C(C)C(=N)CC1CCCCC1. The van der Waals surface area contributed by atoms with Crippen molar-refractivity contribution >= 4 is 11.4 Å². The lowest BCUT2D eigenvalue weighted by Crippen LogP contribution is -2.22. The summed E-state index contributed by atoms with van der Waals surface area (Å²) in [6.45, 7) is 3.95. The lowest BCUT2D eigenvalue weighted by molar-refractivity contribution is 0.368. The average molecular weight is 303 g/mol. The summed E-state index contributed by atoms with van der Waals surface area (Å²) in [5.41, 5.74) is 9.58.